The van der Waals surface area contributed by atoms with Crippen LogP contribution in [0.15, 0.2) is 54.7 Å². The summed E-state index contributed by atoms with van der Waals surface area (Å²) in [5.41, 5.74) is 3.59. The van der Waals surface area contributed by atoms with Crippen molar-refractivity contribution < 1.29 is 9.90 Å². The lowest BCUT2D eigenvalue weighted by Crippen LogP contribution is -2.60. The molecule has 2 aromatic carbocycles. The van der Waals surface area contributed by atoms with E-state index in [0.717, 1.165) is 35.3 Å². The molecular formula is C25H27ClN4O2. The Hall–Kier alpha value is -2.67. The number of rotatable bonds is 3. The van der Waals surface area contributed by atoms with Crippen molar-refractivity contribution in [2.45, 2.75) is 31.4 Å². The number of nitrogens with zero attached hydrogens (tertiary/aromatic N) is 3. The number of piperazine rings is 1. The molecule has 5 rings (SSSR count). The molecule has 0 spiro atoms. The van der Waals surface area contributed by atoms with Crippen molar-refractivity contribution in [3.8, 4) is 11.3 Å². The minimum absolute atomic E-state index is 0.0539. The number of nitrogens with one attached hydrogen (secondary N) is 1. The maximum absolute atomic E-state index is 13.3. The highest BCUT2D eigenvalue weighted by Crippen LogP contribution is 2.36. The van der Waals surface area contributed by atoms with Gasteiger partial charge in [-0.3, -0.25) is 14.8 Å². The molecule has 3 heterocycles. The monoisotopic (exact) mass is 450 g/mol. The summed E-state index contributed by atoms with van der Waals surface area (Å²) in [6.45, 7) is 4.67. The van der Waals surface area contributed by atoms with E-state index >= 15 is 0 Å². The molecule has 2 atom stereocenters. The number of carbonyl (C=O) groups is 1. The molecule has 0 saturated carbocycles. The number of aryl methyl sites for hydroxylation is 1. The van der Waals surface area contributed by atoms with Gasteiger partial charge in [-0.1, -0.05) is 35.9 Å². The van der Waals surface area contributed by atoms with E-state index in [1.807, 2.05) is 66.6 Å². The Morgan fingerprint density at radius 3 is 2.78 bits per heavy atom. The molecule has 0 bridgehead atoms. The van der Waals surface area contributed by atoms with Crippen molar-refractivity contribution in [3.05, 3.63) is 76.4 Å². The zero-order valence-corrected chi connectivity index (χ0v) is 18.8. The number of piperidine rings is 1. The summed E-state index contributed by atoms with van der Waals surface area (Å²) in [6, 6.07) is 15.4. The highest BCUT2D eigenvalue weighted by molar-refractivity contribution is 6.30. The Kier molecular flexibility index (Phi) is 5.53. The van der Waals surface area contributed by atoms with E-state index in [4.69, 9.17) is 11.6 Å². The van der Waals surface area contributed by atoms with Gasteiger partial charge in [0.1, 0.15) is 5.60 Å². The number of aliphatic hydroxyl groups is 1. The third-order valence-electron chi connectivity index (χ3n) is 6.84. The second kappa shape index (κ2) is 8.35. The van der Waals surface area contributed by atoms with Crippen molar-refractivity contribution in [1.29, 1.82) is 0 Å². The number of amides is 1. The average molecular weight is 451 g/mol. The Bertz CT molecular complexity index is 1130. The van der Waals surface area contributed by atoms with Crippen LogP contribution in [0, 0.1) is 6.92 Å². The molecule has 0 aliphatic carbocycles. The normalized spacial score (nSPS) is 23.7. The molecule has 1 amide bonds. The number of aromatic nitrogens is 2. The minimum Gasteiger partial charge on any atom is -0.384 e. The van der Waals surface area contributed by atoms with Gasteiger partial charge in [0.05, 0.1) is 5.69 Å². The zero-order chi connectivity index (χ0) is 22.3. The van der Waals surface area contributed by atoms with Crippen LogP contribution in [0.2, 0.25) is 5.02 Å². The van der Waals surface area contributed by atoms with Crippen LogP contribution in [-0.4, -0.2) is 63.2 Å². The molecule has 32 heavy (non-hydrogen) atoms. The topological polar surface area (TPSA) is 72.5 Å². The second-order valence-corrected chi connectivity index (χ2v) is 9.39. The van der Waals surface area contributed by atoms with E-state index in [2.05, 4.69) is 15.1 Å². The lowest BCUT2D eigenvalue weighted by atomic mass is 9.82. The van der Waals surface area contributed by atoms with Crippen LogP contribution in [0.5, 0.6) is 0 Å². The molecule has 7 heteroatoms. The van der Waals surface area contributed by atoms with Crippen molar-refractivity contribution in [1.82, 2.24) is 20.0 Å². The Morgan fingerprint density at radius 2 is 2.03 bits per heavy atom. The number of halogens is 1. The van der Waals surface area contributed by atoms with Gasteiger partial charge in [0.15, 0.2) is 0 Å². The van der Waals surface area contributed by atoms with Crippen LogP contribution in [-0.2, 0) is 5.60 Å². The van der Waals surface area contributed by atoms with Gasteiger partial charge in [-0.15, -0.1) is 0 Å². The van der Waals surface area contributed by atoms with E-state index in [0.29, 0.717) is 36.6 Å². The van der Waals surface area contributed by atoms with Crippen LogP contribution in [0.25, 0.3) is 11.3 Å². The molecule has 0 radical (unpaired) electrons. The summed E-state index contributed by atoms with van der Waals surface area (Å²) >= 11 is 6.01. The summed E-state index contributed by atoms with van der Waals surface area (Å²) in [5, 5.41) is 19.2. The van der Waals surface area contributed by atoms with Crippen LogP contribution < -0.4 is 0 Å². The Labute approximate surface area is 192 Å². The van der Waals surface area contributed by atoms with Gasteiger partial charge in [-0.25, -0.2) is 0 Å². The van der Waals surface area contributed by atoms with Gasteiger partial charge < -0.3 is 10.0 Å². The maximum Gasteiger partial charge on any atom is 0.253 e. The average Bonchev–Trinajstić information content (AvgIpc) is 3.24. The van der Waals surface area contributed by atoms with E-state index in [1.165, 1.54) is 0 Å². The first kappa shape index (κ1) is 21.2. The SMILES string of the molecule is Cc1c[nH]nc1-c1cccc(C(=O)N2CCN3C[C@@](O)(c4ccc(Cl)cc4)CC[C@@H]3C2)c1. The molecule has 1 aromatic heterocycles. The highest BCUT2D eigenvalue weighted by atomic mass is 35.5. The number of hydrogen-bond acceptors (Lipinski definition) is 4. The lowest BCUT2D eigenvalue weighted by Gasteiger charge is -2.49. The van der Waals surface area contributed by atoms with Crippen molar-refractivity contribution >= 4 is 17.5 Å². The van der Waals surface area contributed by atoms with Gasteiger partial charge in [-0.05, 0) is 55.2 Å². The first-order chi connectivity index (χ1) is 15.4. The van der Waals surface area contributed by atoms with Crippen LogP contribution in [0.3, 0.4) is 0 Å². The third-order valence-corrected chi connectivity index (χ3v) is 7.10. The van der Waals surface area contributed by atoms with Crippen molar-refractivity contribution in [2.24, 2.45) is 0 Å². The Morgan fingerprint density at radius 1 is 1.22 bits per heavy atom. The number of carbonyl (C=O) groups excluding carboxylic acids is 1. The maximum atomic E-state index is 13.3. The summed E-state index contributed by atoms with van der Waals surface area (Å²) in [4.78, 5) is 17.6. The van der Waals surface area contributed by atoms with Crippen LogP contribution in [0.1, 0.15) is 34.3 Å². The van der Waals surface area contributed by atoms with E-state index < -0.39 is 5.60 Å². The molecule has 2 fully saturated rings. The Balaban J connectivity index is 1.28. The fourth-order valence-corrected chi connectivity index (χ4v) is 5.13. The number of H-pyrrole nitrogens is 1. The fourth-order valence-electron chi connectivity index (χ4n) is 5.00. The van der Waals surface area contributed by atoms with Crippen LogP contribution >= 0.6 is 11.6 Å². The van der Waals surface area contributed by atoms with Crippen molar-refractivity contribution in [3.63, 3.8) is 0 Å². The van der Waals surface area contributed by atoms with Gasteiger partial charge in [-0.2, -0.15) is 5.10 Å². The predicted molar refractivity (Wildman–Crippen MR) is 125 cm³/mol. The number of fused-ring (bicyclic) bond motifs is 1. The molecule has 2 aliphatic rings. The number of benzene rings is 2. The van der Waals surface area contributed by atoms with Crippen LogP contribution in [0.4, 0.5) is 0 Å². The standard InChI is InChI=1S/C25H27ClN4O2/c1-17-14-27-28-23(17)18-3-2-4-19(13-18)24(31)29-11-12-30-16-25(32,10-9-22(30)15-29)20-5-7-21(26)8-6-20/h2-8,13-14,22,32H,9-12,15-16H2,1H3,(H,27,28)/t22-,25-/m1/s1. The number of hydrogen-bond donors (Lipinski definition) is 2. The number of aromatic amines is 1. The predicted octanol–water partition coefficient (Wildman–Crippen LogP) is 3.85. The van der Waals surface area contributed by atoms with Gasteiger partial charge in [0.25, 0.3) is 5.91 Å². The van der Waals surface area contributed by atoms with E-state index in [1.54, 1.807) is 0 Å². The first-order valence-electron chi connectivity index (χ1n) is 11.1. The molecular weight excluding hydrogens is 424 g/mol. The van der Waals surface area contributed by atoms with Crippen molar-refractivity contribution in [2.75, 3.05) is 26.2 Å². The van der Waals surface area contributed by atoms with Gasteiger partial charge in [0.2, 0.25) is 0 Å². The summed E-state index contributed by atoms with van der Waals surface area (Å²) in [5.74, 6) is 0.0539. The minimum atomic E-state index is -0.872. The van der Waals surface area contributed by atoms with Gasteiger partial charge in [0, 0.05) is 54.6 Å². The quantitative estimate of drug-likeness (QED) is 0.635. The lowest BCUT2D eigenvalue weighted by molar-refractivity contribution is -0.0740. The molecule has 3 aromatic rings. The summed E-state index contributed by atoms with van der Waals surface area (Å²) in [7, 11) is 0. The highest BCUT2D eigenvalue weighted by Gasteiger charge is 2.42. The molecule has 2 aliphatic heterocycles. The first-order valence-corrected chi connectivity index (χ1v) is 11.4. The second-order valence-electron chi connectivity index (χ2n) is 8.95. The molecule has 166 valence electrons. The van der Waals surface area contributed by atoms with E-state index in [-0.39, 0.29) is 11.9 Å². The molecule has 2 N–H and O–H groups in total. The van der Waals surface area contributed by atoms with Gasteiger partial charge >= 0.3 is 0 Å². The van der Waals surface area contributed by atoms with E-state index in [9.17, 15) is 9.90 Å². The largest absolute Gasteiger partial charge is 0.384 e. The third kappa shape index (κ3) is 3.94. The summed E-state index contributed by atoms with van der Waals surface area (Å²) in [6.07, 6.45) is 3.37. The summed E-state index contributed by atoms with van der Waals surface area (Å²) < 4.78 is 0. The molecule has 2 saturated heterocycles. The molecule has 0 unspecified atom stereocenters. The smallest absolute Gasteiger partial charge is 0.253 e. The molecule has 6 nitrogen and oxygen atoms in total. The fraction of sp³-hybridized carbons (Fsp3) is 0.360. The zero-order valence-electron chi connectivity index (χ0n) is 18.1.